The number of benzene rings is 3. The number of nitrogens with one attached hydrogen (secondary N) is 1. The smallest absolute Gasteiger partial charge is 0.325 e. The van der Waals surface area contributed by atoms with Crippen molar-refractivity contribution in [2.75, 3.05) is 13.2 Å². The maximum Gasteiger partial charge on any atom is 0.325 e. The fraction of sp³-hybridized carbons (Fsp3) is 0.167. The van der Waals surface area contributed by atoms with Crippen LogP contribution >= 0.6 is 0 Å². The molecule has 0 aromatic heterocycles. The van der Waals surface area contributed by atoms with Gasteiger partial charge in [-0.1, -0.05) is 72.8 Å². The standard InChI is InChI=1S/C24H21FN2O3/c25-20-13-7-8-14-21(20)30-16-15-27-22(28)24(26-23(27)29,19-11-5-2-6-12-19)17-18-9-3-1-4-10-18/h1-14H,15-17H2,(H,26,29)/t24-/m0/s1. The monoisotopic (exact) mass is 404 g/mol. The number of carbonyl (C=O) groups excluding carboxylic acids is 2. The highest BCUT2D eigenvalue weighted by Gasteiger charge is 2.52. The molecule has 1 aliphatic heterocycles. The quantitative estimate of drug-likeness (QED) is 0.608. The summed E-state index contributed by atoms with van der Waals surface area (Å²) in [6.07, 6.45) is 0.326. The zero-order valence-electron chi connectivity index (χ0n) is 16.3. The van der Waals surface area contributed by atoms with Crippen LogP contribution in [0.15, 0.2) is 84.9 Å². The third kappa shape index (κ3) is 3.76. The summed E-state index contributed by atoms with van der Waals surface area (Å²) >= 11 is 0. The number of halogens is 1. The first-order valence-electron chi connectivity index (χ1n) is 9.71. The first kappa shape index (κ1) is 19.6. The Hall–Kier alpha value is -3.67. The van der Waals surface area contributed by atoms with Crippen molar-refractivity contribution < 1.29 is 18.7 Å². The molecule has 1 fully saturated rings. The van der Waals surface area contributed by atoms with Gasteiger partial charge in [0.2, 0.25) is 0 Å². The van der Waals surface area contributed by atoms with Gasteiger partial charge in [-0.05, 0) is 23.3 Å². The van der Waals surface area contributed by atoms with Crippen molar-refractivity contribution in [3.05, 3.63) is 102 Å². The van der Waals surface area contributed by atoms with Crippen molar-refractivity contribution in [2.24, 2.45) is 0 Å². The first-order chi connectivity index (χ1) is 14.6. The normalized spacial score (nSPS) is 18.4. The lowest BCUT2D eigenvalue weighted by molar-refractivity contribution is -0.131. The number of carbonyl (C=O) groups is 2. The van der Waals surface area contributed by atoms with E-state index in [0.717, 1.165) is 10.5 Å². The molecule has 0 aliphatic carbocycles. The number of hydrogen-bond donors (Lipinski definition) is 1. The van der Waals surface area contributed by atoms with Gasteiger partial charge in [0, 0.05) is 6.42 Å². The molecule has 0 bridgehead atoms. The van der Waals surface area contributed by atoms with Gasteiger partial charge in [-0.3, -0.25) is 9.69 Å². The van der Waals surface area contributed by atoms with E-state index in [2.05, 4.69) is 5.32 Å². The van der Waals surface area contributed by atoms with Crippen LogP contribution in [-0.4, -0.2) is 30.0 Å². The van der Waals surface area contributed by atoms with Crippen molar-refractivity contribution >= 4 is 11.9 Å². The molecular formula is C24H21FN2O3. The van der Waals surface area contributed by atoms with E-state index in [1.165, 1.54) is 12.1 Å². The summed E-state index contributed by atoms with van der Waals surface area (Å²) in [6.45, 7) is 0.0126. The van der Waals surface area contributed by atoms with Crippen molar-refractivity contribution in [2.45, 2.75) is 12.0 Å². The van der Waals surface area contributed by atoms with Gasteiger partial charge in [0.05, 0.1) is 6.54 Å². The molecule has 152 valence electrons. The number of ether oxygens (including phenoxy) is 1. The van der Waals surface area contributed by atoms with E-state index in [-0.39, 0.29) is 24.8 Å². The second-order valence-corrected chi connectivity index (χ2v) is 7.10. The summed E-state index contributed by atoms with van der Waals surface area (Å²) in [6, 6.07) is 24.3. The molecule has 5 nitrogen and oxygen atoms in total. The topological polar surface area (TPSA) is 58.6 Å². The SMILES string of the molecule is O=C1N[C@@](Cc2ccccc2)(c2ccccc2)C(=O)N1CCOc1ccccc1F. The van der Waals surface area contributed by atoms with Crippen molar-refractivity contribution in [3.8, 4) is 5.75 Å². The molecule has 1 saturated heterocycles. The third-order valence-electron chi connectivity index (χ3n) is 5.16. The van der Waals surface area contributed by atoms with Crippen molar-refractivity contribution in [1.82, 2.24) is 10.2 Å². The molecule has 0 spiro atoms. The third-order valence-corrected chi connectivity index (χ3v) is 5.16. The number of amides is 3. The summed E-state index contributed by atoms with van der Waals surface area (Å²) < 4.78 is 19.2. The molecule has 1 N–H and O–H groups in total. The molecule has 6 heteroatoms. The van der Waals surface area contributed by atoms with Gasteiger partial charge in [0.25, 0.3) is 5.91 Å². The van der Waals surface area contributed by atoms with Crippen LogP contribution in [0.5, 0.6) is 5.75 Å². The molecule has 0 radical (unpaired) electrons. The highest BCUT2D eigenvalue weighted by atomic mass is 19.1. The Balaban J connectivity index is 1.57. The Labute approximate surface area is 174 Å². The van der Waals surface area contributed by atoms with E-state index in [4.69, 9.17) is 4.74 Å². The highest BCUT2D eigenvalue weighted by Crippen LogP contribution is 2.33. The lowest BCUT2D eigenvalue weighted by Crippen LogP contribution is -2.46. The minimum absolute atomic E-state index is 0.00367. The van der Waals surface area contributed by atoms with Gasteiger partial charge in [0.1, 0.15) is 6.61 Å². The van der Waals surface area contributed by atoms with Gasteiger partial charge in [-0.25, -0.2) is 9.18 Å². The summed E-state index contributed by atoms with van der Waals surface area (Å²) in [5.74, 6) is -0.750. The molecule has 3 aromatic carbocycles. The molecular weight excluding hydrogens is 383 g/mol. The van der Waals surface area contributed by atoms with Gasteiger partial charge < -0.3 is 10.1 Å². The fourth-order valence-electron chi connectivity index (χ4n) is 3.68. The van der Waals surface area contributed by atoms with Crippen molar-refractivity contribution in [1.29, 1.82) is 0 Å². The number of imide groups is 1. The van der Waals surface area contributed by atoms with Crippen LogP contribution in [0.1, 0.15) is 11.1 Å². The summed E-state index contributed by atoms with van der Waals surface area (Å²) in [4.78, 5) is 27.3. The second kappa shape index (κ2) is 8.37. The number of nitrogens with zero attached hydrogens (tertiary/aromatic N) is 1. The van der Waals surface area contributed by atoms with Crippen LogP contribution in [0.25, 0.3) is 0 Å². The van der Waals surface area contributed by atoms with E-state index >= 15 is 0 Å². The first-order valence-corrected chi connectivity index (χ1v) is 9.71. The van der Waals surface area contributed by atoms with Crippen LogP contribution in [-0.2, 0) is 16.8 Å². The fourth-order valence-corrected chi connectivity index (χ4v) is 3.68. The molecule has 3 amide bonds. The number of urea groups is 1. The Morgan fingerprint density at radius 1 is 0.867 bits per heavy atom. The number of hydrogen-bond acceptors (Lipinski definition) is 3. The number of para-hydroxylation sites is 1. The van der Waals surface area contributed by atoms with Crippen LogP contribution in [0, 0.1) is 5.82 Å². The Morgan fingerprint density at radius 3 is 2.20 bits per heavy atom. The van der Waals surface area contributed by atoms with E-state index in [0.29, 0.717) is 12.0 Å². The Morgan fingerprint density at radius 2 is 1.50 bits per heavy atom. The molecule has 1 atom stereocenters. The molecule has 1 heterocycles. The lowest BCUT2D eigenvalue weighted by Gasteiger charge is -2.27. The van der Waals surface area contributed by atoms with Gasteiger partial charge in [0.15, 0.2) is 17.1 Å². The maximum atomic E-state index is 13.7. The summed E-state index contributed by atoms with van der Waals surface area (Å²) in [5, 5.41) is 2.90. The van der Waals surface area contributed by atoms with Gasteiger partial charge in [-0.2, -0.15) is 0 Å². The van der Waals surface area contributed by atoms with Crippen LogP contribution in [0.2, 0.25) is 0 Å². The van der Waals surface area contributed by atoms with Crippen LogP contribution in [0.4, 0.5) is 9.18 Å². The van der Waals surface area contributed by atoms with Crippen LogP contribution in [0.3, 0.4) is 0 Å². The number of rotatable bonds is 7. The lowest BCUT2D eigenvalue weighted by atomic mass is 9.83. The second-order valence-electron chi connectivity index (χ2n) is 7.10. The molecule has 0 unspecified atom stereocenters. The van der Waals surface area contributed by atoms with E-state index in [9.17, 15) is 14.0 Å². The molecule has 3 aromatic rings. The largest absolute Gasteiger partial charge is 0.489 e. The van der Waals surface area contributed by atoms with E-state index in [1.54, 1.807) is 12.1 Å². The predicted octanol–water partition coefficient (Wildman–Crippen LogP) is 3.89. The zero-order valence-corrected chi connectivity index (χ0v) is 16.3. The summed E-state index contributed by atoms with van der Waals surface area (Å²) in [7, 11) is 0. The molecule has 4 rings (SSSR count). The minimum Gasteiger partial charge on any atom is -0.489 e. The Kier molecular flexibility index (Phi) is 5.48. The summed E-state index contributed by atoms with van der Waals surface area (Å²) in [5.41, 5.74) is 0.446. The van der Waals surface area contributed by atoms with Crippen LogP contribution < -0.4 is 10.1 Å². The van der Waals surface area contributed by atoms with E-state index < -0.39 is 17.4 Å². The molecule has 1 aliphatic rings. The highest BCUT2D eigenvalue weighted by molar-refractivity contribution is 6.07. The van der Waals surface area contributed by atoms with E-state index in [1.807, 2.05) is 60.7 Å². The van der Waals surface area contributed by atoms with Gasteiger partial charge >= 0.3 is 6.03 Å². The average Bonchev–Trinajstić information content (AvgIpc) is 3.01. The molecule has 0 saturated carbocycles. The maximum absolute atomic E-state index is 13.7. The van der Waals surface area contributed by atoms with Gasteiger partial charge in [-0.15, -0.1) is 0 Å². The average molecular weight is 404 g/mol. The predicted molar refractivity (Wildman–Crippen MR) is 110 cm³/mol. The van der Waals surface area contributed by atoms with Crippen molar-refractivity contribution in [3.63, 3.8) is 0 Å². The Bertz CT molecular complexity index is 1040. The molecule has 30 heavy (non-hydrogen) atoms. The zero-order chi connectivity index (χ0) is 21.0. The minimum atomic E-state index is -1.20.